The van der Waals surface area contributed by atoms with Crippen molar-refractivity contribution in [1.82, 2.24) is 0 Å². The van der Waals surface area contributed by atoms with Crippen LogP contribution in [0.1, 0.15) is 18.4 Å². The van der Waals surface area contributed by atoms with E-state index >= 15 is 0 Å². The van der Waals surface area contributed by atoms with Crippen LogP contribution in [0.3, 0.4) is 0 Å². The fourth-order valence-corrected chi connectivity index (χ4v) is 1.96. The number of anilines is 1. The van der Waals surface area contributed by atoms with Crippen LogP contribution in [0.4, 0.5) is 5.69 Å². The molecular weight excluding hydrogens is 212 g/mol. The first-order chi connectivity index (χ1) is 8.40. The lowest BCUT2D eigenvalue weighted by Gasteiger charge is -2.17. The Morgan fingerprint density at radius 2 is 2.18 bits per heavy atom. The summed E-state index contributed by atoms with van der Waals surface area (Å²) in [5.74, 6) is 5.83. The highest BCUT2D eigenvalue weighted by Crippen LogP contribution is 2.20. The van der Waals surface area contributed by atoms with Crippen molar-refractivity contribution in [3.63, 3.8) is 0 Å². The zero-order valence-corrected chi connectivity index (χ0v) is 9.63. The van der Waals surface area contributed by atoms with Crippen molar-refractivity contribution in [3.8, 4) is 11.8 Å². The van der Waals surface area contributed by atoms with E-state index in [2.05, 4.69) is 38.9 Å². The van der Waals surface area contributed by atoms with Gasteiger partial charge in [-0.15, -0.1) is 0 Å². The zero-order valence-electron chi connectivity index (χ0n) is 9.63. The van der Waals surface area contributed by atoms with E-state index in [1.54, 1.807) is 0 Å². The summed E-state index contributed by atoms with van der Waals surface area (Å²) in [4.78, 5) is 5.04. The summed E-state index contributed by atoms with van der Waals surface area (Å²) >= 11 is 0. The van der Waals surface area contributed by atoms with Crippen LogP contribution in [0.2, 0.25) is 0 Å². The molecule has 86 valence electrons. The molecule has 1 aromatic rings. The summed E-state index contributed by atoms with van der Waals surface area (Å²) in [6.45, 7) is 2.50. The number of rotatable bonds is 2. The lowest BCUT2D eigenvalue weighted by atomic mass is 10.2. The van der Waals surface area contributed by atoms with Gasteiger partial charge in [-0.1, -0.05) is 23.0 Å². The van der Waals surface area contributed by atoms with E-state index in [1.165, 1.54) is 18.5 Å². The second-order valence-corrected chi connectivity index (χ2v) is 3.94. The number of azide groups is 1. The van der Waals surface area contributed by atoms with Crippen LogP contribution < -0.4 is 4.90 Å². The first-order valence-electron chi connectivity index (χ1n) is 5.75. The highest BCUT2D eigenvalue weighted by molar-refractivity contribution is 5.53. The van der Waals surface area contributed by atoms with E-state index in [0.29, 0.717) is 0 Å². The fraction of sp³-hybridized carbons (Fsp3) is 0.385. The molecule has 4 heteroatoms. The van der Waals surface area contributed by atoms with Gasteiger partial charge in [0.1, 0.15) is 0 Å². The van der Waals surface area contributed by atoms with Crippen molar-refractivity contribution in [2.75, 3.05) is 24.5 Å². The normalized spacial score (nSPS) is 13.8. The molecule has 1 saturated heterocycles. The summed E-state index contributed by atoms with van der Waals surface area (Å²) in [6.07, 6.45) is 2.54. The van der Waals surface area contributed by atoms with Gasteiger partial charge < -0.3 is 4.90 Å². The third-order valence-corrected chi connectivity index (χ3v) is 2.76. The molecule has 0 aromatic heterocycles. The summed E-state index contributed by atoms with van der Waals surface area (Å²) < 4.78 is 0. The lowest BCUT2D eigenvalue weighted by Crippen LogP contribution is -2.17. The minimum Gasteiger partial charge on any atom is -0.371 e. The quantitative estimate of drug-likeness (QED) is 0.331. The summed E-state index contributed by atoms with van der Waals surface area (Å²) in [5.41, 5.74) is 10.3. The zero-order chi connectivity index (χ0) is 11.9. The Morgan fingerprint density at radius 3 is 2.94 bits per heavy atom. The minimum absolute atomic E-state index is 0.227. The largest absolute Gasteiger partial charge is 0.371 e. The molecule has 0 aliphatic carbocycles. The van der Waals surface area contributed by atoms with Crippen LogP contribution in [-0.4, -0.2) is 19.6 Å². The molecule has 0 saturated carbocycles. The third-order valence-electron chi connectivity index (χ3n) is 2.76. The summed E-state index contributed by atoms with van der Waals surface area (Å²) in [6, 6.07) is 8.20. The van der Waals surface area contributed by atoms with Crippen LogP contribution in [-0.2, 0) is 0 Å². The van der Waals surface area contributed by atoms with Crippen molar-refractivity contribution in [2.45, 2.75) is 12.8 Å². The topological polar surface area (TPSA) is 52.0 Å². The van der Waals surface area contributed by atoms with Gasteiger partial charge in [-0.05, 0) is 36.6 Å². The van der Waals surface area contributed by atoms with Crippen molar-refractivity contribution < 1.29 is 0 Å². The van der Waals surface area contributed by atoms with Gasteiger partial charge in [0, 0.05) is 29.3 Å². The van der Waals surface area contributed by atoms with Crippen molar-refractivity contribution >= 4 is 5.69 Å². The van der Waals surface area contributed by atoms with Gasteiger partial charge in [-0.3, -0.25) is 0 Å². The summed E-state index contributed by atoms with van der Waals surface area (Å²) in [7, 11) is 0. The van der Waals surface area contributed by atoms with E-state index in [-0.39, 0.29) is 6.54 Å². The van der Waals surface area contributed by atoms with E-state index in [9.17, 15) is 0 Å². The average Bonchev–Trinajstić information content (AvgIpc) is 2.89. The fourth-order valence-electron chi connectivity index (χ4n) is 1.96. The van der Waals surface area contributed by atoms with Gasteiger partial charge in [0.05, 0.1) is 6.54 Å². The van der Waals surface area contributed by atoms with Crippen molar-refractivity contribution in [3.05, 3.63) is 40.3 Å². The maximum Gasteiger partial charge on any atom is 0.0880 e. The third kappa shape index (κ3) is 3.17. The second-order valence-electron chi connectivity index (χ2n) is 3.94. The van der Waals surface area contributed by atoms with Crippen molar-refractivity contribution in [2.24, 2.45) is 5.11 Å². The van der Waals surface area contributed by atoms with Gasteiger partial charge in [0.25, 0.3) is 0 Å². The maximum absolute atomic E-state index is 8.14. The molecule has 0 unspecified atom stereocenters. The molecule has 4 nitrogen and oxygen atoms in total. The Hall–Kier alpha value is -2.11. The SMILES string of the molecule is [N-]=[N+]=NCC#Cc1cccc(N2CCCC2)c1. The molecule has 2 rings (SSSR count). The van der Waals surface area contributed by atoms with Gasteiger partial charge in [0.15, 0.2) is 0 Å². The Kier molecular flexibility index (Phi) is 3.90. The molecule has 0 amide bonds. The number of nitrogens with zero attached hydrogens (tertiary/aromatic N) is 4. The van der Waals surface area contributed by atoms with E-state index < -0.39 is 0 Å². The standard InChI is InChI=1S/C13H14N4/c14-16-15-8-4-6-12-5-3-7-13(11-12)17-9-1-2-10-17/h3,5,7,11H,1-2,8-10H2. The smallest absolute Gasteiger partial charge is 0.0880 e. The highest BCUT2D eigenvalue weighted by atomic mass is 15.1. The molecule has 1 aliphatic rings. The van der Waals surface area contributed by atoms with Crippen LogP contribution in [0.25, 0.3) is 10.4 Å². The monoisotopic (exact) mass is 226 g/mol. The Bertz CT molecular complexity index is 486. The first-order valence-corrected chi connectivity index (χ1v) is 5.75. The summed E-state index contributed by atoms with van der Waals surface area (Å²) in [5, 5.41) is 3.38. The van der Waals surface area contributed by atoms with E-state index in [0.717, 1.165) is 18.7 Å². The number of benzene rings is 1. The Morgan fingerprint density at radius 1 is 1.35 bits per heavy atom. The average molecular weight is 226 g/mol. The van der Waals surface area contributed by atoms with E-state index in [4.69, 9.17) is 5.53 Å². The molecule has 1 aliphatic heterocycles. The number of hydrogen-bond donors (Lipinski definition) is 0. The second kappa shape index (κ2) is 5.83. The predicted octanol–water partition coefficient (Wildman–Crippen LogP) is 2.95. The van der Waals surface area contributed by atoms with Gasteiger partial charge in [0.2, 0.25) is 0 Å². The molecule has 1 aromatic carbocycles. The Balaban J connectivity index is 2.09. The first kappa shape index (κ1) is 11.4. The van der Waals surface area contributed by atoms with Crippen LogP contribution in [0.5, 0.6) is 0 Å². The molecule has 0 atom stereocenters. The molecular formula is C13H14N4. The van der Waals surface area contributed by atoms with Crippen LogP contribution in [0.15, 0.2) is 29.4 Å². The molecule has 1 fully saturated rings. The van der Waals surface area contributed by atoms with Gasteiger partial charge >= 0.3 is 0 Å². The molecule has 1 heterocycles. The molecule has 0 N–H and O–H groups in total. The molecule has 0 spiro atoms. The van der Waals surface area contributed by atoms with Gasteiger partial charge in [-0.2, -0.15) is 0 Å². The van der Waals surface area contributed by atoms with Crippen LogP contribution in [0, 0.1) is 11.8 Å². The Labute approximate surface area is 101 Å². The maximum atomic E-state index is 8.14. The van der Waals surface area contributed by atoms with Crippen molar-refractivity contribution in [1.29, 1.82) is 0 Å². The van der Waals surface area contributed by atoms with Crippen LogP contribution >= 0.6 is 0 Å². The number of hydrogen-bond acceptors (Lipinski definition) is 2. The highest BCUT2D eigenvalue weighted by Gasteiger charge is 2.11. The predicted molar refractivity (Wildman–Crippen MR) is 68.8 cm³/mol. The molecule has 17 heavy (non-hydrogen) atoms. The minimum atomic E-state index is 0.227. The molecule has 0 radical (unpaired) electrons. The van der Waals surface area contributed by atoms with E-state index in [1.807, 2.05) is 12.1 Å². The lowest BCUT2D eigenvalue weighted by molar-refractivity contribution is 0.949. The van der Waals surface area contributed by atoms with Gasteiger partial charge in [-0.25, -0.2) is 0 Å². The molecule has 0 bridgehead atoms.